The van der Waals surface area contributed by atoms with E-state index in [1.54, 1.807) is 19.0 Å². The smallest absolute Gasteiger partial charge is 0.243 e. The third kappa shape index (κ3) is 8.19. The summed E-state index contributed by atoms with van der Waals surface area (Å²) in [6.45, 7) is 7.68. The van der Waals surface area contributed by atoms with Gasteiger partial charge < -0.3 is 15.5 Å². The molecule has 0 aromatic heterocycles. The van der Waals surface area contributed by atoms with Crippen molar-refractivity contribution in [3.63, 3.8) is 0 Å². The molecule has 6 heteroatoms. The van der Waals surface area contributed by atoms with Gasteiger partial charge in [-0.2, -0.15) is 0 Å². The van der Waals surface area contributed by atoms with Crippen molar-refractivity contribution in [3.05, 3.63) is 0 Å². The van der Waals surface area contributed by atoms with Crippen molar-refractivity contribution in [3.8, 4) is 0 Å². The maximum absolute atomic E-state index is 11.7. The Bertz CT molecular complexity index is 358. The van der Waals surface area contributed by atoms with Gasteiger partial charge in [0.2, 0.25) is 5.91 Å². The highest BCUT2D eigenvalue weighted by atomic mass is 127. The van der Waals surface area contributed by atoms with E-state index < -0.39 is 0 Å². The molecule has 2 N–H and O–H groups in total. The van der Waals surface area contributed by atoms with Crippen molar-refractivity contribution in [2.75, 3.05) is 27.2 Å². The van der Waals surface area contributed by atoms with Crippen LogP contribution in [0.1, 0.15) is 46.5 Å². The first-order valence-electron chi connectivity index (χ1n) is 8.15. The molecule has 1 aliphatic carbocycles. The van der Waals surface area contributed by atoms with Gasteiger partial charge in [0.1, 0.15) is 6.54 Å². The van der Waals surface area contributed by atoms with E-state index in [0.717, 1.165) is 12.5 Å². The lowest BCUT2D eigenvalue weighted by Gasteiger charge is -2.31. The first-order chi connectivity index (χ1) is 9.90. The van der Waals surface area contributed by atoms with Crippen LogP contribution < -0.4 is 10.6 Å². The summed E-state index contributed by atoms with van der Waals surface area (Å²) in [5, 5.41) is 6.87. The van der Waals surface area contributed by atoms with Crippen molar-refractivity contribution in [2.24, 2.45) is 16.8 Å². The van der Waals surface area contributed by atoms with Gasteiger partial charge in [0, 0.05) is 26.7 Å². The molecule has 1 amide bonds. The first kappa shape index (κ1) is 21.5. The maximum atomic E-state index is 11.7. The van der Waals surface area contributed by atoms with Gasteiger partial charge >= 0.3 is 0 Å². The predicted molar refractivity (Wildman–Crippen MR) is 104 cm³/mol. The third-order valence-electron chi connectivity index (χ3n) is 3.98. The van der Waals surface area contributed by atoms with E-state index >= 15 is 0 Å². The monoisotopic (exact) mass is 424 g/mol. The highest BCUT2D eigenvalue weighted by Gasteiger charge is 2.22. The van der Waals surface area contributed by atoms with E-state index in [1.165, 1.54) is 25.7 Å². The molecule has 0 heterocycles. The minimum Gasteiger partial charge on any atom is -0.356 e. The zero-order chi connectivity index (χ0) is 15.8. The fourth-order valence-electron chi connectivity index (χ4n) is 2.45. The van der Waals surface area contributed by atoms with Crippen LogP contribution in [0.25, 0.3) is 0 Å². The molecule has 1 aliphatic rings. The Labute approximate surface area is 152 Å². The predicted octanol–water partition coefficient (Wildman–Crippen LogP) is 2.46. The normalized spacial score (nSPS) is 22.0. The van der Waals surface area contributed by atoms with E-state index in [0.29, 0.717) is 17.9 Å². The van der Waals surface area contributed by atoms with Crippen LogP contribution in [-0.2, 0) is 4.79 Å². The highest BCUT2D eigenvalue weighted by Crippen LogP contribution is 2.23. The van der Waals surface area contributed by atoms with Crippen LogP contribution in [0, 0.1) is 11.8 Å². The molecule has 0 aromatic carbocycles. The standard InChI is InChI=1S/C16H32N4O.HI/c1-12(2)10-17-16(18-11-15(21)20(4)5)19-14-9-7-6-8-13(14)3;/h12-14H,6-11H2,1-5H3,(H2,17,18,19);1H. The molecule has 0 saturated heterocycles. The summed E-state index contributed by atoms with van der Waals surface area (Å²) in [6, 6.07) is 0.464. The van der Waals surface area contributed by atoms with Crippen LogP contribution in [0.2, 0.25) is 0 Å². The molecule has 0 bridgehead atoms. The lowest BCUT2D eigenvalue weighted by Crippen LogP contribution is -2.48. The van der Waals surface area contributed by atoms with Crippen LogP contribution in [0.15, 0.2) is 4.99 Å². The summed E-state index contributed by atoms with van der Waals surface area (Å²) in [4.78, 5) is 17.7. The molecule has 1 rings (SSSR count). The molecule has 5 nitrogen and oxygen atoms in total. The zero-order valence-corrected chi connectivity index (χ0v) is 17.0. The SMILES string of the molecule is CC(C)CNC(=NCC(=O)N(C)C)NC1CCCCC1C.I. The topological polar surface area (TPSA) is 56.7 Å². The number of carbonyl (C=O) groups excluding carboxylic acids is 1. The molecular weight excluding hydrogens is 391 g/mol. The molecule has 0 spiro atoms. The molecule has 1 saturated carbocycles. The molecule has 2 atom stereocenters. The number of nitrogens with one attached hydrogen (secondary N) is 2. The molecule has 0 aliphatic heterocycles. The second kappa shape index (κ2) is 11.1. The average Bonchev–Trinajstić information content (AvgIpc) is 2.43. The van der Waals surface area contributed by atoms with Crippen molar-refractivity contribution in [2.45, 2.75) is 52.5 Å². The van der Waals surface area contributed by atoms with E-state index in [-0.39, 0.29) is 36.4 Å². The number of carbonyl (C=O) groups is 1. The number of rotatable bonds is 5. The largest absolute Gasteiger partial charge is 0.356 e. The molecule has 0 radical (unpaired) electrons. The van der Waals surface area contributed by atoms with Crippen molar-refractivity contribution in [1.29, 1.82) is 0 Å². The molecule has 2 unspecified atom stereocenters. The molecule has 0 aromatic rings. The number of likely N-dealkylation sites (N-methyl/N-ethyl adjacent to an activating group) is 1. The van der Waals surface area contributed by atoms with Gasteiger partial charge in [0.05, 0.1) is 0 Å². The van der Waals surface area contributed by atoms with Gasteiger partial charge in [0.25, 0.3) is 0 Å². The van der Waals surface area contributed by atoms with Gasteiger partial charge in [-0.1, -0.05) is 33.6 Å². The van der Waals surface area contributed by atoms with E-state index in [4.69, 9.17) is 0 Å². The Morgan fingerprint density at radius 2 is 1.91 bits per heavy atom. The lowest BCUT2D eigenvalue weighted by molar-refractivity contribution is -0.127. The van der Waals surface area contributed by atoms with Gasteiger partial charge in [-0.15, -0.1) is 24.0 Å². The molecule has 1 fully saturated rings. The summed E-state index contributed by atoms with van der Waals surface area (Å²) in [5.41, 5.74) is 0. The average molecular weight is 424 g/mol. The van der Waals surface area contributed by atoms with Gasteiger partial charge in [-0.05, 0) is 24.7 Å². The van der Waals surface area contributed by atoms with Crippen molar-refractivity contribution >= 4 is 35.8 Å². The van der Waals surface area contributed by atoms with E-state index in [2.05, 4.69) is 36.4 Å². The number of nitrogens with zero attached hydrogens (tertiary/aromatic N) is 2. The maximum Gasteiger partial charge on any atom is 0.243 e. The molecule has 130 valence electrons. The molecule has 22 heavy (non-hydrogen) atoms. The van der Waals surface area contributed by atoms with Crippen LogP contribution in [0.4, 0.5) is 0 Å². The number of guanidine groups is 1. The Morgan fingerprint density at radius 1 is 1.27 bits per heavy atom. The number of amides is 1. The van der Waals surface area contributed by atoms with Crippen LogP contribution in [0.3, 0.4) is 0 Å². The van der Waals surface area contributed by atoms with Crippen LogP contribution in [-0.4, -0.2) is 50.0 Å². The second-order valence-electron chi connectivity index (χ2n) is 6.74. The lowest BCUT2D eigenvalue weighted by atomic mass is 9.86. The van der Waals surface area contributed by atoms with Crippen LogP contribution in [0.5, 0.6) is 0 Å². The summed E-state index contributed by atoms with van der Waals surface area (Å²) < 4.78 is 0. The number of hydrogen-bond acceptors (Lipinski definition) is 2. The van der Waals surface area contributed by atoms with Gasteiger partial charge in [-0.25, -0.2) is 4.99 Å². The number of hydrogen-bond donors (Lipinski definition) is 2. The minimum atomic E-state index is 0. The Balaban J connectivity index is 0.00000441. The summed E-state index contributed by atoms with van der Waals surface area (Å²) in [6.07, 6.45) is 5.05. The zero-order valence-electron chi connectivity index (χ0n) is 14.7. The van der Waals surface area contributed by atoms with Crippen molar-refractivity contribution in [1.82, 2.24) is 15.5 Å². The third-order valence-corrected chi connectivity index (χ3v) is 3.98. The molecular formula is C16H33IN4O. The number of halogens is 1. The first-order valence-corrected chi connectivity index (χ1v) is 8.15. The van der Waals surface area contributed by atoms with Gasteiger partial charge in [0.15, 0.2) is 5.96 Å². The van der Waals surface area contributed by atoms with Crippen molar-refractivity contribution < 1.29 is 4.79 Å². The summed E-state index contributed by atoms with van der Waals surface area (Å²) in [7, 11) is 3.52. The van der Waals surface area contributed by atoms with Gasteiger partial charge in [-0.3, -0.25) is 4.79 Å². The number of aliphatic imine (C=N–C) groups is 1. The Morgan fingerprint density at radius 3 is 2.45 bits per heavy atom. The van der Waals surface area contributed by atoms with E-state index in [1.807, 2.05) is 0 Å². The fourth-order valence-corrected chi connectivity index (χ4v) is 2.45. The van der Waals surface area contributed by atoms with E-state index in [9.17, 15) is 4.79 Å². The quantitative estimate of drug-likeness (QED) is 0.405. The summed E-state index contributed by atoms with van der Waals surface area (Å²) in [5.74, 6) is 2.01. The summed E-state index contributed by atoms with van der Waals surface area (Å²) >= 11 is 0. The Kier molecular flexibility index (Phi) is 10.8. The fraction of sp³-hybridized carbons (Fsp3) is 0.875. The minimum absolute atomic E-state index is 0. The Hall–Kier alpha value is -0.530. The van der Waals surface area contributed by atoms with Crippen LogP contribution >= 0.6 is 24.0 Å². The highest BCUT2D eigenvalue weighted by molar-refractivity contribution is 14.0. The second-order valence-corrected chi connectivity index (χ2v) is 6.74.